The molecule has 1 nitrogen and oxygen atoms in total. The summed E-state index contributed by atoms with van der Waals surface area (Å²) >= 11 is 3.27. The topological polar surface area (TPSA) is 9.23 Å². The molecule has 2 aromatic rings. The number of halogens is 2. The summed E-state index contributed by atoms with van der Waals surface area (Å²) in [6, 6.07) is 12.7. The van der Waals surface area contributed by atoms with Crippen LogP contribution in [0.5, 0.6) is 5.75 Å². The van der Waals surface area contributed by atoms with Crippen molar-refractivity contribution >= 4 is 15.9 Å². The maximum absolute atomic E-state index is 13.9. The monoisotopic (exact) mass is 350 g/mol. The van der Waals surface area contributed by atoms with Crippen molar-refractivity contribution in [1.82, 2.24) is 0 Å². The summed E-state index contributed by atoms with van der Waals surface area (Å²) in [6.45, 7) is 2.94. The van der Waals surface area contributed by atoms with Crippen molar-refractivity contribution < 1.29 is 9.13 Å². The van der Waals surface area contributed by atoms with Gasteiger partial charge >= 0.3 is 0 Å². The molecule has 0 aliphatic carbocycles. The molecule has 0 saturated heterocycles. The zero-order chi connectivity index (χ0) is 15.1. The maximum Gasteiger partial charge on any atom is 0.132 e. The second kappa shape index (κ2) is 8.18. The van der Waals surface area contributed by atoms with Crippen LogP contribution in [0.3, 0.4) is 0 Å². The third kappa shape index (κ3) is 4.85. The average Bonchev–Trinajstić information content (AvgIpc) is 2.48. The first-order valence-corrected chi connectivity index (χ1v) is 8.18. The van der Waals surface area contributed by atoms with Crippen molar-refractivity contribution in [2.45, 2.75) is 32.6 Å². The van der Waals surface area contributed by atoms with Crippen LogP contribution in [0, 0.1) is 5.82 Å². The summed E-state index contributed by atoms with van der Waals surface area (Å²) in [4.78, 5) is 0. The van der Waals surface area contributed by atoms with E-state index < -0.39 is 0 Å². The van der Waals surface area contributed by atoms with Gasteiger partial charge in [-0.15, -0.1) is 0 Å². The molecule has 0 saturated carbocycles. The quantitative estimate of drug-likeness (QED) is 0.539. The van der Waals surface area contributed by atoms with Crippen LogP contribution in [0.4, 0.5) is 4.39 Å². The molecule has 0 N–H and O–H groups in total. The number of ether oxygens (including phenoxy) is 1. The first-order valence-electron chi connectivity index (χ1n) is 7.39. The lowest BCUT2D eigenvalue weighted by molar-refractivity contribution is 0.305. The molecule has 0 radical (unpaired) electrons. The second-order valence-electron chi connectivity index (χ2n) is 5.06. The summed E-state index contributed by atoms with van der Waals surface area (Å²) in [7, 11) is 0. The highest BCUT2D eigenvalue weighted by molar-refractivity contribution is 9.10. The molecule has 2 rings (SSSR count). The Bertz CT molecular complexity index is 566. The Hall–Kier alpha value is -1.35. The normalized spacial score (nSPS) is 10.6. The molecular weight excluding hydrogens is 331 g/mol. The minimum Gasteiger partial charge on any atom is -0.494 e. The van der Waals surface area contributed by atoms with Crippen molar-refractivity contribution in [3.63, 3.8) is 0 Å². The van der Waals surface area contributed by atoms with E-state index in [0.29, 0.717) is 5.56 Å². The van der Waals surface area contributed by atoms with E-state index in [9.17, 15) is 4.39 Å². The Morgan fingerprint density at radius 3 is 2.43 bits per heavy atom. The highest BCUT2D eigenvalue weighted by Crippen LogP contribution is 2.27. The molecule has 0 aliphatic heterocycles. The summed E-state index contributed by atoms with van der Waals surface area (Å²) < 4.78 is 20.3. The maximum atomic E-state index is 13.9. The van der Waals surface area contributed by atoms with E-state index in [4.69, 9.17) is 4.74 Å². The first-order chi connectivity index (χ1) is 10.2. The van der Waals surface area contributed by atoms with Crippen molar-refractivity contribution in [2.24, 2.45) is 0 Å². The molecule has 0 spiro atoms. The van der Waals surface area contributed by atoms with Gasteiger partial charge in [-0.25, -0.2) is 4.39 Å². The molecule has 0 heterocycles. The zero-order valence-electron chi connectivity index (χ0n) is 12.2. The zero-order valence-corrected chi connectivity index (χ0v) is 13.8. The Morgan fingerprint density at radius 2 is 1.76 bits per heavy atom. The van der Waals surface area contributed by atoms with E-state index in [1.165, 1.54) is 25.3 Å². The van der Waals surface area contributed by atoms with Crippen LogP contribution in [-0.2, 0) is 0 Å². The van der Waals surface area contributed by atoms with Gasteiger partial charge in [-0.1, -0.05) is 60.3 Å². The molecule has 0 unspecified atom stereocenters. The van der Waals surface area contributed by atoms with E-state index in [1.807, 2.05) is 30.3 Å². The molecule has 0 atom stereocenters. The van der Waals surface area contributed by atoms with Gasteiger partial charge in [-0.3, -0.25) is 0 Å². The molecule has 0 aliphatic rings. The predicted octanol–water partition coefficient (Wildman–Crippen LogP) is 6.21. The molecule has 2 aromatic carbocycles. The van der Waals surface area contributed by atoms with Crippen LogP contribution in [-0.4, -0.2) is 6.61 Å². The fourth-order valence-corrected chi connectivity index (χ4v) is 2.51. The number of hydrogen-bond donors (Lipinski definition) is 0. The molecule has 112 valence electrons. The van der Waals surface area contributed by atoms with Crippen molar-refractivity contribution in [2.75, 3.05) is 6.61 Å². The van der Waals surface area contributed by atoms with Crippen LogP contribution < -0.4 is 4.74 Å². The molecule has 21 heavy (non-hydrogen) atoms. The van der Waals surface area contributed by atoms with E-state index in [0.717, 1.165) is 28.8 Å². The van der Waals surface area contributed by atoms with Crippen molar-refractivity contribution in [3.05, 3.63) is 52.8 Å². The molecule has 3 heteroatoms. The minimum absolute atomic E-state index is 0.224. The van der Waals surface area contributed by atoms with Crippen LogP contribution in [0.1, 0.15) is 32.6 Å². The number of benzene rings is 2. The highest BCUT2D eigenvalue weighted by atomic mass is 79.9. The Labute approximate surface area is 134 Å². The molecule has 0 aromatic heterocycles. The van der Waals surface area contributed by atoms with E-state index >= 15 is 0 Å². The molecule has 0 amide bonds. The third-order valence-electron chi connectivity index (χ3n) is 3.36. The average molecular weight is 351 g/mol. The van der Waals surface area contributed by atoms with Gasteiger partial charge in [-0.05, 0) is 36.2 Å². The van der Waals surface area contributed by atoms with E-state index in [-0.39, 0.29) is 5.82 Å². The summed E-state index contributed by atoms with van der Waals surface area (Å²) in [5, 5.41) is 0. The standard InChI is InChI=1S/C18H20BrFO/c1-2-3-4-5-12-21-16-9-6-14(7-10-16)17-11-8-15(19)13-18(17)20/h6-11,13H,2-5,12H2,1H3. The van der Waals surface area contributed by atoms with Gasteiger partial charge in [0, 0.05) is 10.0 Å². The molecular formula is C18H20BrFO. The second-order valence-corrected chi connectivity index (χ2v) is 5.97. The van der Waals surface area contributed by atoms with E-state index in [1.54, 1.807) is 6.07 Å². The predicted molar refractivity (Wildman–Crippen MR) is 89.2 cm³/mol. The minimum atomic E-state index is -0.224. The van der Waals surface area contributed by atoms with Crippen LogP contribution in [0.15, 0.2) is 46.9 Å². The Morgan fingerprint density at radius 1 is 1.00 bits per heavy atom. The van der Waals surface area contributed by atoms with E-state index in [2.05, 4.69) is 22.9 Å². The van der Waals surface area contributed by atoms with Gasteiger partial charge in [0.2, 0.25) is 0 Å². The number of unbranched alkanes of at least 4 members (excludes halogenated alkanes) is 3. The summed E-state index contributed by atoms with van der Waals surface area (Å²) in [5.74, 6) is 0.616. The SMILES string of the molecule is CCCCCCOc1ccc(-c2ccc(Br)cc2F)cc1. The van der Waals surface area contributed by atoms with Crippen molar-refractivity contribution in [1.29, 1.82) is 0 Å². The Balaban J connectivity index is 1.95. The number of hydrogen-bond acceptors (Lipinski definition) is 1. The van der Waals surface area contributed by atoms with Gasteiger partial charge < -0.3 is 4.74 Å². The lowest BCUT2D eigenvalue weighted by Crippen LogP contribution is -1.97. The summed E-state index contributed by atoms with van der Waals surface area (Å²) in [6.07, 6.45) is 4.77. The van der Waals surface area contributed by atoms with Gasteiger partial charge in [0.1, 0.15) is 11.6 Å². The van der Waals surface area contributed by atoms with Gasteiger partial charge in [0.25, 0.3) is 0 Å². The third-order valence-corrected chi connectivity index (χ3v) is 3.86. The number of rotatable bonds is 7. The highest BCUT2D eigenvalue weighted by Gasteiger charge is 2.05. The van der Waals surface area contributed by atoms with Gasteiger partial charge in [0.05, 0.1) is 6.61 Å². The lowest BCUT2D eigenvalue weighted by Gasteiger charge is -2.08. The fourth-order valence-electron chi connectivity index (χ4n) is 2.17. The smallest absolute Gasteiger partial charge is 0.132 e. The van der Waals surface area contributed by atoms with Gasteiger partial charge in [0.15, 0.2) is 0 Å². The van der Waals surface area contributed by atoms with Crippen LogP contribution >= 0.6 is 15.9 Å². The molecule has 0 fully saturated rings. The lowest BCUT2D eigenvalue weighted by atomic mass is 10.1. The largest absolute Gasteiger partial charge is 0.494 e. The Kier molecular flexibility index (Phi) is 6.24. The molecule has 0 bridgehead atoms. The van der Waals surface area contributed by atoms with Crippen molar-refractivity contribution in [3.8, 4) is 16.9 Å². The summed E-state index contributed by atoms with van der Waals surface area (Å²) in [5.41, 5.74) is 1.46. The van der Waals surface area contributed by atoms with Crippen LogP contribution in [0.2, 0.25) is 0 Å². The fraction of sp³-hybridized carbons (Fsp3) is 0.333. The first kappa shape index (κ1) is 16.0. The van der Waals surface area contributed by atoms with Crippen LogP contribution in [0.25, 0.3) is 11.1 Å². The van der Waals surface area contributed by atoms with Gasteiger partial charge in [-0.2, -0.15) is 0 Å².